The zero-order chi connectivity index (χ0) is 8.69. The van der Waals surface area contributed by atoms with Crippen molar-refractivity contribution in [1.82, 2.24) is 0 Å². The van der Waals surface area contributed by atoms with Gasteiger partial charge in [-0.05, 0) is 6.42 Å². The summed E-state index contributed by atoms with van der Waals surface area (Å²) in [4.78, 5) is 10.7. The molecule has 1 unspecified atom stereocenters. The Balaban J connectivity index is 3.67. The Morgan fingerprint density at radius 1 is 1.82 bits per heavy atom. The summed E-state index contributed by atoms with van der Waals surface area (Å²) in [5, 5.41) is 0. The second kappa shape index (κ2) is 6.12. The van der Waals surface area contributed by atoms with E-state index in [-0.39, 0.29) is 11.7 Å². The smallest absolute Gasteiger partial charge is 0.330 e. The van der Waals surface area contributed by atoms with Gasteiger partial charge in [-0.25, -0.2) is 4.79 Å². The van der Waals surface area contributed by atoms with Crippen LogP contribution < -0.4 is 0 Å². The minimum atomic E-state index is -0.707. The molecule has 0 aromatic heterocycles. The van der Waals surface area contributed by atoms with E-state index >= 15 is 0 Å². The molecule has 64 valence electrons. The summed E-state index contributed by atoms with van der Waals surface area (Å²) in [6, 6.07) is 0. The van der Waals surface area contributed by atoms with Gasteiger partial charge in [-0.15, -0.1) is 0 Å². The summed E-state index contributed by atoms with van der Waals surface area (Å²) < 4.78 is 9.94. The van der Waals surface area contributed by atoms with Gasteiger partial charge in [0.05, 0.1) is 0 Å². The molecule has 0 amide bonds. The van der Waals surface area contributed by atoms with Crippen LogP contribution in [-0.2, 0) is 14.0 Å². The first-order valence-corrected chi connectivity index (χ1v) is 4.96. The Bertz CT molecular complexity index is 136. The van der Waals surface area contributed by atoms with Gasteiger partial charge in [0.25, 0.3) is 0 Å². The van der Waals surface area contributed by atoms with Crippen LogP contribution in [0.1, 0.15) is 13.3 Å². The molecule has 0 saturated heterocycles. The molecule has 3 nitrogen and oxygen atoms in total. The van der Waals surface area contributed by atoms with Crippen LogP contribution in [0.5, 0.6) is 0 Å². The molecule has 0 spiro atoms. The van der Waals surface area contributed by atoms with Crippen molar-refractivity contribution in [3.63, 3.8) is 0 Å². The van der Waals surface area contributed by atoms with Gasteiger partial charge in [0.15, 0.2) is 0 Å². The van der Waals surface area contributed by atoms with Crippen molar-refractivity contribution in [3.8, 4) is 0 Å². The lowest BCUT2D eigenvalue weighted by Gasteiger charge is -2.12. The molecule has 0 radical (unpaired) electrons. The molecule has 0 fully saturated rings. The van der Waals surface area contributed by atoms with Crippen LogP contribution in [0.25, 0.3) is 0 Å². The average Bonchev–Trinajstić information content (AvgIpc) is 2.03. The Morgan fingerprint density at radius 3 is 2.82 bits per heavy atom. The predicted molar refractivity (Wildman–Crippen MR) is 45.9 cm³/mol. The third-order valence-electron chi connectivity index (χ3n) is 1.26. The molecule has 0 bridgehead atoms. The topological polar surface area (TPSA) is 35.5 Å². The van der Waals surface area contributed by atoms with Crippen molar-refractivity contribution in [2.45, 2.75) is 19.1 Å². The van der Waals surface area contributed by atoms with E-state index in [0.717, 1.165) is 6.42 Å². The molecule has 0 aliphatic carbocycles. The van der Waals surface area contributed by atoms with Crippen molar-refractivity contribution in [3.05, 3.63) is 12.7 Å². The van der Waals surface area contributed by atoms with E-state index in [2.05, 4.69) is 6.58 Å². The number of carbonyl (C=O) groups excluding carboxylic acids is 1. The van der Waals surface area contributed by atoms with Gasteiger partial charge in [0.1, 0.15) is 5.73 Å². The fraction of sp³-hybridized carbons (Fsp3) is 0.571. The minimum absolute atomic E-state index is 0.00880. The molecule has 0 heterocycles. The van der Waals surface area contributed by atoms with Crippen LogP contribution >= 0.6 is 0 Å². The van der Waals surface area contributed by atoms with Crippen LogP contribution in [-0.4, -0.2) is 28.6 Å². The summed E-state index contributed by atoms with van der Waals surface area (Å²) in [5.74, 6) is -0.360. The van der Waals surface area contributed by atoms with Crippen LogP contribution in [0.3, 0.4) is 0 Å². The largest absolute Gasteiger partial charge is 0.461 e. The zero-order valence-electron chi connectivity index (χ0n) is 7.00. The Hall–Kier alpha value is -0.613. The standard InChI is InChI=1S/C7H14O3Si/c1-4-6(8)10-7(5-2)11-9-3/h4,7H,1,5,11H2,2-3H3. The summed E-state index contributed by atoms with van der Waals surface area (Å²) >= 11 is 0. The molecular formula is C7H14O3Si. The van der Waals surface area contributed by atoms with Crippen molar-refractivity contribution in [1.29, 1.82) is 0 Å². The number of carbonyl (C=O) groups is 1. The number of hydrogen-bond acceptors (Lipinski definition) is 3. The van der Waals surface area contributed by atoms with Crippen molar-refractivity contribution >= 4 is 15.7 Å². The fourth-order valence-corrected chi connectivity index (χ4v) is 1.47. The maximum atomic E-state index is 10.7. The lowest BCUT2D eigenvalue weighted by atomic mass is 10.5. The first-order chi connectivity index (χ1) is 5.24. The van der Waals surface area contributed by atoms with E-state index in [4.69, 9.17) is 9.16 Å². The van der Waals surface area contributed by atoms with Gasteiger partial charge in [-0.2, -0.15) is 0 Å². The quantitative estimate of drug-likeness (QED) is 0.339. The van der Waals surface area contributed by atoms with Crippen LogP contribution in [0.4, 0.5) is 0 Å². The second-order valence-corrected chi connectivity index (χ2v) is 3.95. The monoisotopic (exact) mass is 174 g/mol. The average molecular weight is 174 g/mol. The van der Waals surface area contributed by atoms with E-state index in [0.29, 0.717) is 0 Å². The molecule has 0 aromatic carbocycles. The van der Waals surface area contributed by atoms with E-state index in [1.54, 1.807) is 7.11 Å². The fourth-order valence-electron chi connectivity index (χ4n) is 0.633. The molecule has 1 atom stereocenters. The predicted octanol–water partition coefficient (Wildman–Crippen LogP) is 0.182. The zero-order valence-corrected chi connectivity index (χ0v) is 8.41. The molecule has 11 heavy (non-hydrogen) atoms. The molecular weight excluding hydrogens is 160 g/mol. The van der Waals surface area contributed by atoms with Gasteiger partial charge >= 0.3 is 5.97 Å². The van der Waals surface area contributed by atoms with Gasteiger partial charge in [0, 0.05) is 13.2 Å². The molecule has 0 aliphatic rings. The van der Waals surface area contributed by atoms with E-state index in [9.17, 15) is 4.79 Å². The van der Waals surface area contributed by atoms with Gasteiger partial charge < -0.3 is 9.16 Å². The maximum Gasteiger partial charge on any atom is 0.330 e. The highest BCUT2D eigenvalue weighted by Crippen LogP contribution is 1.96. The van der Waals surface area contributed by atoms with Crippen LogP contribution in [0, 0.1) is 0 Å². The Morgan fingerprint density at radius 2 is 2.45 bits per heavy atom. The molecule has 0 aliphatic heterocycles. The first kappa shape index (κ1) is 10.4. The molecule has 0 aromatic rings. The van der Waals surface area contributed by atoms with Crippen molar-refractivity contribution < 1.29 is 14.0 Å². The van der Waals surface area contributed by atoms with Crippen molar-refractivity contribution in [2.24, 2.45) is 0 Å². The SMILES string of the molecule is C=CC(=O)OC(CC)[SiH2]OC. The van der Waals surface area contributed by atoms with Crippen LogP contribution in [0.2, 0.25) is 0 Å². The van der Waals surface area contributed by atoms with E-state index in [1.807, 2.05) is 6.92 Å². The first-order valence-electron chi connectivity index (χ1n) is 3.56. The van der Waals surface area contributed by atoms with Gasteiger partial charge in [-0.3, -0.25) is 0 Å². The summed E-state index contributed by atoms with van der Waals surface area (Å²) in [7, 11) is 0.928. The summed E-state index contributed by atoms with van der Waals surface area (Å²) in [5.41, 5.74) is -0.00880. The van der Waals surface area contributed by atoms with Gasteiger partial charge in [-0.1, -0.05) is 13.5 Å². The summed E-state index contributed by atoms with van der Waals surface area (Å²) in [6.07, 6.45) is 1.99. The summed E-state index contributed by atoms with van der Waals surface area (Å²) in [6.45, 7) is 5.27. The number of ether oxygens (including phenoxy) is 1. The molecule has 0 saturated carbocycles. The maximum absolute atomic E-state index is 10.7. The van der Waals surface area contributed by atoms with E-state index < -0.39 is 9.76 Å². The normalized spacial score (nSPS) is 13.3. The van der Waals surface area contributed by atoms with Gasteiger partial charge in [0.2, 0.25) is 9.76 Å². The number of rotatable bonds is 5. The second-order valence-electron chi connectivity index (χ2n) is 2.13. The van der Waals surface area contributed by atoms with Crippen molar-refractivity contribution in [2.75, 3.05) is 7.11 Å². The lowest BCUT2D eigenvalue weighted by Crippen LogP contribution is -2.24. The lowest BCUT2D eigenvalue weighted by molar-refractivity contribution is -0.140. The highest BCUT2D eigenvalue weighted by molar-refractivity contribution is 6.29. The Labute approximate surface area is 69.3 Å². The highest BCUT2D eigenvalue weighted by Gasteiger charge is 2.09. The molecule has 4 heteroatoms. The Kier molecular flexibility index (Phi) is 5.78. The highest BCUT2D eigenvalue weighted by atomic mass is 28.2. The number of hydrogen-bond donors (Lipinski definition) is 0. The molecule has 0 N–H and O–H groups in total. The third kappa shape index (κ3) is 4.75. The number of esters is 1. The van der Waals surface area contributed by atoms with Crippen LogP contribution in [0.15, 0.2) is 12.7 Å². The minimum Gasteiger partial charge on any atom is -0.461 e. The van der Waals surface area contributed by atoms with E-state index in [1.165, 1.54) is 6.08 Å². The molecule has 0 rings (SSSR count). The third-order valence-corrected chi connectivity index (χ3v) is 2.71.